The van der Waals surface area contributed by atoms with Crippen molar-refractivity contribution in [2.45, 2.75) is 45.1 Å². The highest BCUT2D eigenvalue weighted by molar-refractivity contribution is 6.04. The summed E-state index contributed by atoms with van der Waals surface area (Å²) in [5.41, 5.74) is 3.83. The molecule has 3 aromatic rings. The molecule has 0 atom stereocenters. The third kappa shape index (κ3) is 6.23. The van der Waals surface area contributed by atoms with Gasteiger partial charge in [0.1, 0.15) is 5.82 Å². The van der Waals surface area contributed by atoms with E-state index in [9.17, 15) is 9.59 Å². The number of hydrogen-bond donors (Lipinski definition) is 1. The third-order valence-electron chi connectivity index (χ3n) is 10.2. The molecule has 1 N–H and O–H groups in total. The van der Waals surface area contributed by atoms with Crippen LogP contribution in [0.4, 0.5) is 16.3 Å². The monoisotopic (exact) mass is 587 g/mol. The van der Waals surface area contributed by atoms with Crippen LogP contribution in [0, 0.1) is 35.0 Å². The molecular weight excluding hydrogens is 546 g/mol. The van der Waals surface area contributed by atoms with E-state index < -0.39 is 0 Å². The molecule has 7 nitrogen and oxygen atoms in total. The minimum atomic E-state index is -0.117. The van der Waals surface area contributed by atoms with Gasteiger partial charge in [-0.05, 0) is 110 Å². The lowest BCUT2D eigenvalue weighted by atomic mass is 9.50. The molecule has 0 unspecified atom stereocenters. The zero-order valence-corrected chi connectivity index (χ0v) is 25.5. The largest absolute Gasteiger partial charge is 0.325 e. The number of pyridine rings is 1. The van der Waals surface area contributed by atoms with E-state index >= 15 is 0 Å². The van der Waals surface area contributed by atoms with E-state index in [2.05, 4.69) is 27.0 Å². The fraction of sp³-hybridized carbons (Fsp3) is 0.432. The topological polar surface area (TPSA) is 68.8 Å². The third-order valence-corrected chi connectivity index (χ3v) is 10.2. The summed E-state index contributed by atoms with van der Waals surface area (Å²) in [5, 5.41) is 3.03. The Hall–Kier alpha value is -4.15. The van der Waals surface area contributed by atoms with E-state index in [1.54, 1.807) is 18.1 Å². The van der Waals surface area contributed by atoms with Gasteiger partial charge in [0.25, 0.3) is 5.91 Å². The van der Waals surface area contributed by atoms with Crippen molar-refractivity contribution in [1.82, 2.24) is 14.8 Å². The van der Waals surface area contributed by atoms with Gasteiger partial charge < -0.3 is 10.2 Å². The number of aromatic nitrogens is 1. The zero-order chi connectivity index (χ0) is 30.1. The molecule has 7 heteroatoms. The maximum atomic E-state index is 12.9. The first-order valence-electron chi connectivity index (χ1n) is 16.1. The average Bonchev–Trinajstić information content (AvgIpc) is 3.04. The molecular formula is C37H41N5O2. The highest BCUT2D eigenvalue weighted by Crippen LogP contribution is 2.59. The predicted molar refractivity (Wildman–Crippen MR) is 173 cm³/mol. The maximum Gasteiger partial charge on any atom is 0.325 e. The van der Waals surface area contributed by atoms with Gasteiger partial charge in [-0.15, -0.1) is 0 Å². The Labute approximate surface area is 260 Å². The van der Waals surface area contributed by atoms with Crippen molar-refractivity contribution >= 4 is 23.4 Å². The smallest absolute Gasteiger partial charge is 0.322 e. The van der Waals surface area contributed by atoms with E-state index in [0.717, 1.165) is 54.2 Å². The number of rotatable bonds is 5. The predicted octanol–water partition coefficient (Wildman–Crippen LogP) is 6.28. The van der Waals surface area contributed by atoms with E-state index in [1.807, 2.05) is 71.6 Å². The van der Waals surface area contributed by atoms with Crippen LogP contribution in [0.3, 0.4) is 0 Å². The van der Waals surface area contributed by atoms with Gasteiger partial charge in [-0.25, -0.2) is 9.78 Å². The minimum Gasteiger partial charge on any atom is -0.322 e. The lowest BCUT2D eigenvalue weighted by molar-refractivity contribution is -0.0181. The van der Waals surface area contributed by atoms with Crippen molar-refractivity contribution in [1.29, 1.82) is 0 Å². The average molecular weight is 588 g/mol. The molecule has 5 aliphatic rings. The van der Waals surface area contributed by atoms with Crippen LogP contribution in [0.1, 0.15) is 60.0 Å². The number of carbonyl (C=O) groups is 2. The minimum absolute atomic E-state index is 0.0289. The molecule has 1 saturated heterocycles. The van der Waals surface area contributed by atoms with Gasteiger partial charge in [-0.2, -0.15) is 0 Å². The van der Waals surface area contributed by atoms with Crippen molar-refractivity contribution in [2.24, 2.45) is 23.2 Å². The fourth-order valence-corrected chi connectivity index (χ4v) is 8.29. The second kappa shape index (κ2) is 12.1. The molecule has 1 aliphatic heterocycles. The molecule has 0 radical (unpaired) electrons. The summed E-state index contributed by atoms with van der Waals surface area (Å²) < 4.78 is 0. The number of urea groups is 1. The number of hydrogen-bond acceptors (Lipinski definition) is 4. The van der Waals surface area contributed by atoms with Gasteiger partial charge in [0.15, 0.2) is 0 Å². The number of nitrogens with zero attached hydrogens (tertiary/aromatic N) is 4. The van der Waals surface area contributed by atoms with Crippen molar-refractivity contribution in [3.05, 3.63) is 89.6 Å². The highest BCUT2D eigenvalue weighted by atomic mass is 16.2. The van der Waals surface area contributed by atoms with Gasteiger partial charge >= 0.3 is 6.03 Å². The maximum absolute atomic E-state index is 12.9. The summed E-state index contributed by atoms with van der Waals surface area (Å²) in [4.78, 5) is 35.9. The molecule has 8 rings (SSSR count). The second-order valence-corrected chi connectivity index (χ2v) is 13.5. The van der Waals surface area contributed by atoms with E-state index in [4.69, 9.17) is 0 Å². The van der Waals surface area contributed by atoms with E-state index in [1.165, 1.54) is 38.5 Å². The molecule has 226 valence electrons. The van der Waals surface area contributed by atoms with Crippen LogP contribution in [-0.2, 0) is 6.54 Å². The Morgan fingerprint density at radius 1 is 0.886 bits per heavy atom. The van der Waals surface area contributed by atoms with Gasteiger partial charge in [0.05, 0.1) is 0 Å². The molecule has 2 heterocycles. The van der Waals surface area contributed by atoms with Crippen LogP contribution in [0.2, 0.25) is 0 Å². The lowest BCUT2D eigenvalue weighted by Crippen LogP contribution is -2.52. The lowest BCUT2D eigenvalue weighted by Gasteiger charge is -2.54. The van der Waals surface area contributed by atoms with Crippen molar-refractivity contribution in [3.63, 3.8) is 0 Å². The number of piperazine rings is 1. The summed E-state index contributed by atoms with van der Waals surface area (Å²) in [6.07, 6.45) is 9.88. The quantitative estimate of drug-likeness (QED) is 0.357. The number of benzene rings is 2. The van der Waals surface area contributed by atoms with Gasteiger partial charge in [0.2, 0.25) is 0 Å². The first-order chi connectivity index (χ1) is 21.4. The fourth-order valence-electron chi connectivity index (χ4n) is 8.29. The zero-order valence-electron chi connectivity index (χ0n) is 25.5. The van der Waals surface area contributed by atoms with Crippen LogP contribution in [0.15, 0.2) is 72.9 Å². The first-order valence-corrected chi connectivity index (χ1v) is 16.1. The van der Waals surface area contributed by atoms with Crippen LogP contribution < -0.4 is 10.2 Å². The molecule has 0 spiro atoms. The molecule has 4 aliphatic carbocycles. The van der Waals surface area contributed by atoms with Crippen LogP contribution in [-0.4, -0.2) is 59.9 Å². The standard InChI is InChI=1S/C37H41N5O2/c1-40(34-4-2-3-15-38-34)36(44)42-18-16-41(17-19-42)26-28-5-9-32(10-6-28)35(43)39-33-11-7-27(8-12-33)13-14-37-23-29-20-30(24-37)22-31(21-29)25-37/h2-12,15,29-31H,16-26H2,1H3,(H,39,43). The van der Waals surface area contributed by atoms with Gasteiger partial charge in [-0.3, -0.25) is 14.6 Å². The summed E-state index contributed by atoms with van der Waals surface area (Å²) in [7, 11) is 1.77. The molecule has 44 heavy (non-hydrogen) atoms. The molecule has 4 saturated carbocycles. The summed E-state index contributed by atoms with van der Waals surface area (Å²) in [6.45, 7) is 3.72. The summed E-state index contributed by atoms with van der Waals surface area (Å²) in [5.74, 6) is 10.4. The van der Waals surface area contributed by atoms with Crippen molar-refractivity contribution < 1.29 is 9.59 Å². The Balaban J connectivity index is 0.886. The van der Waals surface area contributed by atoms with Crippen LogP contribution >= 0.6 is 0 Å². The van der Waals surface area contributed by atoms with Crippen LogP contribution in [0.5, 0.6) is 0 Å². The first kappa shape index (κ1) is 28.6. The summed E-state index contributed by atoms with van der Waals surface area (Å²) in [6, 6.07) is 21.3. The van der Waals surface area contributed by atoms with Gasteiger partial charge in [0, 0.05) is 68.2 Å². The Morgan fingerprint density at radius 2 is 1.55 bits per heavy atom. The molecule has 3 amide bonds. The van der Waals surface area contributed by atoms with Crippen molar-refractivity contribution in [3.8, 4) is 11.8 Å². The summed E-state index contributed by atoms with van der Waals surface area (Å²) >= 11 is 0. The van der Waals surface area contributed by atoms with Crippen LogP contribution in [0.25, 0.3) is 0 Å². The molecule has 1 aromatic heterocycles. The Kier molecular flexibility index (Phi) is 7.86. The normalized spacial score (nSPS) is 25.7. The van der Waals surface area contributed by atoms with E-state index in [0.29, 0.717) is 24.5 Å². The SMILES string of the molecule is CN(C(=O)N1CCN(Cc2ccc(C(=O)Nc3ccc(C#CC45CC6CC(CC(C6)C4)C5)cc3)cc2)CC1)c1ccccn1. The number of nitrogens with one attached hydrogen (secondary N) is 1. The van der Waals surface area contributed by atoms with E-state index in [-0.39, 0.29) is 17.4 Å². The number of anilines is 2. The Morgan fingerprint density at radius 3 is 2.16 bits per heavy atom. The second-order valence-electron chi connectivity index (χ2n) is 13.5. The number of carbonyl (C=O) groups excluding carboxylic acids is 2. The van der Waals surface area contributed by atoms with Gasteiger partial charge in [-0.1, -0.05) is 30.0 Å². The molecule has 2 aromatic carbocycles. The number of amides is 3. The van der Waals surface area contributed by atoms with Crippen molar-refractivity contribution in [2.75, 3.05) is 43.4 Å². The molecule has 4 bridgehead atoms. The highest BCUT2D eigenvalue weighted by Gasteiger charge is 2.50. The Bertz CT molecular complexity index is 1510. The molecule has 5 fully saturated rings.